The fourth-order valence-electron chi connectivity index (χ4n) is 2.17. The number of hydrogen-bond donors (Lipinski definition) is 0. The van der Waals surface area contributed by atoms with Gasteiger partial charge in [0.15, 0.2) is 0 Å². The second-order valence-corrected chi connectivity index (χ2v) is 5.91. The Morgan fingerprint density at radius 3 is 2.13 bits per heavy atom. The molecule has 0 heterocycles. The third-order valence-corrected chi connectivity index (χ3v) is 3.58. The summed E-state index contributed by atoms with van der Waals surface area (Å²) in [6, 6.07) is 0. The Labute approximate surface area is 140 Å². The molecule has 0 rings (SSSR count). The fourth-order valence-corrected chi connectivity index (χ4v) is 2.17. The van der Waals surface area contributed by atoms with Gasteiger partial charge in [-0.25, -0.2) is 9.59 Å². The number of hydrogen-bond acceptors (Lipinski definition) is 4. The van der Waals surface area contributed by atoms with Crippen LogP contribution in [0.5, 0.6) is 0 Å². The molecule has 0 saturated carbocycles. The lowest BCUT2D eigenvalue weighted by molar-refractivity contribution is -0.153. The quantitative estimate of drug-likeness (QED) is 0.263. The summed E-state index contributed by atoms with van der Waals surface area (Å²) < 4.78 is 10.3. The lowest BCUT2D eigenvalue weighted by Crippen LogP contribution is -2.25. The maximum absolute atomic E-state index is 11.6. The van der Waals surface area contributed by atoms with E-state index in [0.717, 1.165) is 18.9 Å². The molecule has 4 nitrogen and oxygen atoms in total. The first-order valence-corrected chi connectivity index (χ1v) is 8.66. The van der Waals surface area contributed by atoms with Gasteiger partial charge in [-0.3, -0.25) is 0 Å². The Morgan fingerprint density at radius 1 is 1.04 bits per heavy atom. The van der Waals surface area contributed by atoms with Gasteiger partial charge < -0.3 is 9.47 Å². The summed E-state index contributed by atoms with van der Waals surface area (Å²) in [4.78, 5) is 22.8. The van der Waals surface area contributed by atoms with Crippen molar-refractivity contribution >= 4 is 11.9 Å². The average molecular weight is 324 g/mol. The van der Waals surface area contributed by atoms with Gasteiger partial charge in [0, 0.05) is 11.6 Å². The summed E-state index contributed by atoms with van der Waals surface area (Å²) in [7, 11) is 0. The Morgan fingerprint density at radius 2 is 1.61 bits per heavy atom. The third-order valence-electron chi connectivity index (χ3n) is 3.58. The summed E-state index contributed by atoms with van der Waals surface area (Å²) in [5.41, 5.74) is 0.348. The van der Waals surface area contributed by atoms with Crippen LogP contribution in [0.25, 0.3) is 0 Å². The molecule has 0 fully saturated rings. The standard InChI is InChI=1S/C19H32O4/c1-5-7-8-9-10-11-12-13-14-17(15-22-18(20)6-2)23-19(21)16(3)4/h6,17H,2-3,5,7-15H2,1,4H3. The van der Waals surface area contributed by atoms with Crippen molar-refractivity contribution in [3.05, 3.63) is 24.8 Å². The number of carbonyl (C=O) groups excluding carboxylic acids is 2. The molecule has 0 bridgehead atoms. The van der Waals surface area contributed by atoms with Crippen LogP contribution in [0.15, 0.2) is 24.8 Å². The summed E-state index contributed by atoms with van der Waals surface area (Å²) in [5, 5.41) is 0. The molecule has 4 heteroatoms. The monoisotopic (exact) mass is 324 g/mol. The molecule has 1 unspecified atom stereocenters. The van der Waals surface area contributed by atoms with E-state index in [2.05, 4.69) is 20.1 Å². The first-order valence-electron chi connectivity index (χ1n) is 8.66. The van der Waals surface area contributed by atoms with Gasteiger partial charge in [-0.1, -0.05) is 65.0 Å². The van der Waals surface area contributed by atoms with Crippen LogP contribution in [0.2, 0.25) is 0 Å². The minimum atomic E-state index is -0.503. The van der Waals surface area contributed by atoms with E-state index in [4.69, 9.17) is 9.47 Å². The van der Waals surface area contributed by atoms with Crippen LogP contribution in [-0.2, 0) is 19.1 Å². The van der Waals surface area contributed by atoms with Crippen LogP contribution in [0, 0.1) is 0 Å². The molecule has 0 saturated heterocycles. The lowest BCUT2D eigenvalue weighted by atomic mass is 10.1. The van der Waals surface area contributed by atoms with E-state index in [1.807, 2.05) is 0 Å². The zero-order valence-corrected chi connectivity index (χ0v) is 14.8. The fraction of sp³-hybridized carbons (Fsp3) is 0.684. The first-order chi connectivity index (χ1) is 11.0. The minimum absolute atomic E-state index is 0.0698. The van der Waals surface area contributed by atoms with E-state index in [1.54, 1.807) is 6.92 Å². The molecule has 0 amide bonds. The molecule has 0 aromatic carbocycles. The van der Waals surface area contributed by atoms with Crippen molar-refractivity contribution in [3.63, 3.8) is 0 Å². The van der Waals surface area contributed by atoms with Gasteiger partial charge in [0.1, 0.15) is 12.7 Å². The number of esters is 2. The van der Waals surface area contributed by atoms with Gasteiger partial charge in [-0.15, -0.1) is 0 Å². The number of rotatable bonds is 14. The van der Waals surface area contributed by atoms with Crippen LogP contribution in [0.3, 0.4) is 0 Å². The van der Waals surface area contributed by atoms with Crippen molar-refractivity contribution in [1.29, 1.82) is 0 Å². The molecule has 1 atom stereocenters. The highest BCUT2D eigenvalue weighted by Crippen LogP contribution is 2.13. The highest BCUT2D eigenvalue weighted by atomic mass is 16.6. The van der Waals surface area contributed by atoms with Crippen molar-refractivity contribution in [2.24, 2.45) is 0 Å². The molecule has 0 aliphatic heterocycles. The van der Waals surface area contributed by atoms with Crippen molar-refractivity contribution in [2.45, 2.75) is 77.7 Å². The van der Waals surface area contributed by atoms with Gasteiger partial charge in [-0.05, 0) is 19.8 Å². The average Bonchev–Trinajstić information content (AvgIpc) is 2.53. The van der Waals surface area contributed by atoms with Crippen LogP contribution in [0.1, 0.15) is 71.6 Å². The number of unbranched alkanes of at least 4 members (excludes halogenated alkanes) is 7. The smallest absolute Gasteiger partial charge is 0.333 e. The second kappa shape index (κ2) is 14.0. The molecule has 0 spiro atoms. The van der Waals surface area contributed by atoms with E-state index in [9.17, 15) is 9.59 Å². The van der Waals surface area contributed by atoms with E-state index < -0.39 is 18.0 Å². The first kappa shape index (κ1) is 21.4. The Bertz CT molecular complexity index is 374. The largest absolute Gasteiger partial charge is 0.459 e. The number of carbonyl (C=O) groups is 2. The molecular formula is C19H32O4. The molecule has 0 aliphatic carbocycles. The molecule has 0 aromatic rings. The lowest BCUT2D eigenvalue weighted by Gasteiger charge is -2.17. The van der Waals surface area contributed by atoms with Crippen LogP contribution < -0.4 is 0 Å². The van der Waals surface area contributed by atoms with E-state index in [1.165, 1.54) is 38.5 Å². The van der Waals surface area contributed by atoms with Gasteiger partial charge in [-0.2, -0.15) is 0 Å². The van der Waals surface area contributed by atoms with E-state index in [0.29, 0.717) is 12.0 Å². The zero-order chi connectivity index (χ0) is 17.5. The summed E-state index contributed by atoms with van der Waals surface area (Å²) in [6.45, 7) is 10.8. The van der Waals surface area contributed by atoms with Gasteiger partial charge >= 0.3 is 11.9 Å². The van der Waals surface area contributed by atoms with Crippen LogP contribution in [0.4, 0.5) is 0 Å². The van der Waals surface area contributed by atoms with Gasteiger partial charge in [0.2, 0.25) is 0 Å². The van der Waals surface area contributed by atoms with Gasteiger partial charge in [0.05, 0.1) is 0 Å². The summed E-state index contributed by atoms with van der Waals surface area (Å²) in [6.07, 6.45) is 11.1. The zero-order valence-electron chi connectivity index (χ0n) is 14.8. The predicted molar refractivity (Wildman–Crippen MR) is 93.1 cm³/mol. The van der Waals surface area contributed by atoms with Crippen LogP contribution in [-0.4, -0.2) is 24.6 Å². The molecule has 0 N–H and O–H groups in total. The summed E-state index contributed by atoms with van der Waals surface area (Å²) in [5.74, 6) is -0.943. The second-order valence-electron chi connectivity index (χ2n) is 5.91. The van der Waals surface area contributed by atoms with Crippen LogP contribution >= 0.6 is 0 Å². The maximum Gasteiger partial charge on any atom is 0.333 e. The molecule has 0 aromatic heterocycles. The SMILES string of the molecule is C=CC(=O)OCC(CCCCCCCCCC)OC(=O)C(=C)C. The third kappa shape index (κ3) is 12.6. The van der Waals surface area contributed by atoms with Crippen molar-refractivity contribution in [2.75, 3.05) is 6.61 Å². The summed E-state index contributed by atoms with van der Waals surface area (Å²) >= 11 is 0. The van der Waals surface area contributed by atoms with Crippen molar-refractivity contribution < 1.29 is 19.1 Å². The Kier molecular flexibility index (Phi) is 13.1. The van der Waals surface area contributed by atoms with Gasteiger partial charge in [0.25, 0.3) is 0 Å². The molecular weight excluding hydrogens is 292 g/mol. The van der Waals surface area contributed by atoms with E-state index >= 15 is 0 Å². The molecule has 132 valence electrons. The highest BCUT2D eigenvalue weighted by Gasteiger charge is 2.16. The van der Waals surface area contributed by atoms with Crippen molar-refractivity contribution in [3.8, 4) is 0 Å². The maximum atomic E-state index is 11.6. The Balaban J connectivity index is 4.00. The molecule has 23 heavy (non-hydrogen) atoms. The van der Waals surface area contributed by atoms with E-state index in [-0.39, 0.29) is 6.61 Å². The normalized spacial score (nSPS) is 11.6. The molecule has 0 aliphatic rings. The van der Waals surface area contributed by atoms with Crippen molar-refractivity contribution in [1.82, 2.24) is 0 Å². The number of ether oxygens (including phenoxy) is 2. The minimum Gasteiger partial charge on any atom is -0.459 e. The highest BCUT2D eigenvalue weighted by molar-refractivity contribution is 5.87. The Hall–Kier alpha value is -1.58. The topological polar surface area (TPSA) is 52.6 Å². The predicted octanol–water partition coefficient (Wildman–Crippen LogP) is 4.73. The molecule has 0 radical (unpaired) electrons.